The fourth-order valence-corrected chi connectivity index (χ4v) is 5.24. The Kier molecular flexibility index (Phi) is 4.38. The number of sulfone groups is 1. The fourth-order valence-electron chi connectivity index (χ4n) is 3.60. The first-order valence-corrected chi connectivity index (χ1v) is 9.91. The number of hydrogen-bond acceptors (Lipinski definition) is 4. The zero-order chi connectivity index (χ0) is 17.4. The second-order valence-electron chi connectivity index (χ2n) is 6.84. The average molecular weight is 351 g/mol. The lowest BCUT2D eigenvalue weighted by Crippen LogP contribution is -2.34. The Morgan fingerprint density at radius 2 is 1.83 bits per heavy atom. The standard InChI is InChI=1S/C17H21NO5S/c19-15(20)10-14(12-4-2-1-3-5-12)18-16(21)13-11-17(13)6-8-24(22,23)9-7-17/h1-5,13-14H,6-11H2,(H,18,21)(H,19,20). The lowest BCUT2D eigenvalue weighted by atomic mass is 9.95. The number of nitrogens with one attached hydrogen (secondary N) is 1. The van der Waals surface area contributed by atoms with Crippen molar-refractivity contribution in [2.75, 3.05) is 11.5 Å². The Morgan fingerprint density at radius 1 is 1.21 bits per heavy atom. The van der Waals surface area contributed by atoms with Crippen LogP contribution < -0.4 is 5.32 Å². The molecule has 24 heavy (non-hydrogen) atoms. The van der Waals surface area contributed by atoms with Gasteiger partial charge in [-0.2, -0.15) is 0 Å². The maximum Gasteiger partial charge on any atom is 0.305 e. The molecule has 1 saturated carbocycles. The molecular formula is C17H21NO5S. The van der Waals surface area contributed by atoms with Crippen molar-refractivity contribution in [3.63, 3.8) is 0 Å². The van der Waals surface area contributed by atoms with Crippen LogP contribution in [0.2, 0.25) is 0 Å². The van der Waals surface area contributed by atoms with Crippen LogP contribution in [0.3, 0.4) is 0 Å². The van der Waals surface area contributed by atoms with Gasteiger partial charge in [-0.05, 0) is 30.2 Å². The van der Waals surface area contributed by atoms with Gasteiger partial charge < -0.3 is 10.4 Å². The van der Waals surface area contributed by atoms with Crippen molar-refractivity contribution in [3.05, 3.63) is 35.9 Å². The SMILES string of the molecule is O=C(O)CC(NC(=O)C1CC12CCS(=O)(=O)CC2)c1ccccc1. The summed E-state index contributed by atoms with van der Waals surface area (Å²) in [5.74, 6) is -1.04. The topological polar surface area (TPSA) is 101 Å². The van der Waals surface area contributed by atoms with Gasteiger partial charge in [0.25, 0.3) is 0 Å². The summed E-state index contributed by atoms with van der Waals surface area (Å²) in [5, 5.41) is 11.9. The van der Waals surface area contributed by atoms with Crippen LogP contribution in [0, 0.1) is 11.3 Å². The Hall–Kier alpha value is -1.89. The summed E-state index contributed by atoms with van der Waals surface area (Å²) in [5.41, 5.74) is 0.564. The molecule has 1 aliphatic heterocycles. The van der Waals surface area contributed by atoms with E-state index in [9.17, 15) is 18.0 Å². The molecule has 2 N–H and O–H groups in total. The Balaban J connectivity index is 1.66. The fraction of sp³-hybridized carbons (Fsp3) is 0.529. The third-order valence-corrected chi connectivity index (χ3v) is 6.88. The number of carbonyl (C=O) groups is 2. The van der Waals surface area contributed by atoms with Gasteiger partial charge in [-0.3, -0.25) is 9.59 Å². The molecule has 1 saturated heterocycles. The van der Waals surface area contributed by atoms with Crippen molar-refractivity contribution in [3.8, 4) is 0 Å². The van der Waals surface area contributed by atoms with Gasteiger partial charge in [0.05, 0.1) is 24.0 Å². The molecule has 1 aliphatic carbocycles. The van der Waals surface area contributed by atoms with Gasteiger partial charge in [-0.1, -0.05) is 30.3 Å². The van der Waals surface area contributed by atoms with Crippen molar-refractivity contribution in [2.24, 2.45) is 11.3 Å². The second-order valence-corrected chi connectivity index (χ2v) is 9.14. The molecule has 2 atom stereocenters. The van der Waals surface area contributed by atoms with Crippen LogP contribution in [-0.4, -0.2) is 36.9 Å². The molecule has 2 fully saturated rings. The van der Waals surface area contributed by atoms with Crippen LogP contribution in [0.1, 0.15) is 37.3 Å². The summed E-state index contributed by atoms with van der Waals surface area (Å²) < 4.78 is 23.1. The van der Waals surface area contributed by atoms with Gasteiger partial charge in [0, 0.05) is 5.92 Å². The van der Waals surface area contributed by atoms with E-state index in [4.69, 9.17) is 5.11 Å². The average Bonchev–Trinajstić information content (AvgIpc) is 3.25. The zero-order valence-corrected chi connectivity index (χ0v) is 14.1. The van der Waals surface area contributed by atoms with Gasteiger partial charge in [0.2, 0.25) is 5.91 Å². The summed E-state index contributed by atoms with van der Waals surface area (Å²) in [7, 11) is -2.95. The maximum atomic E-state index is 12.6. The molecular weight excluding hydrogens is 330 g/mol. The van der Waals surface area contributed by atoms with Gasteiger partial charge in [-0.25, -0.2) is 8.42 Å². The number of aliphatic carboxylic acids is 1. The van der Waals surface area contributed by atoms with Gasteiger partial charge in [0.15, 0.2) is 0 Å². The lowest BCUT2D eigenvalue weighted by Gasteiger charge is -2.23. The number of carbonyl (C=O) groups excluding carboxylic acids is 1. The number of benzene rings is 1. The highest BCUT2D eigenvalue weighted by Crippen LogP contribution is 2.59. The van der Waals surface area contributed by atoms with Crippen molar-refractivity contribution < 1.29 is 23.1 Å². The molecule has 1 aromatic rings. The van der Waals surface area contributed by atoms with Crippen LogP contribution in [-0.2, 0) is 19.4 Å². The minimum absolute atomic E-state index is 0.147. The largest absolute Gasteiger partial charge is 0.481 e. The van der Waals surface area contributed by atoms with Crippen LogP contribution in [0.4, 0.5) is 0 Å². The first-order chi connectivity index (χ1) is 11.3. The Bertz CT molecular complexity index is 730. The molecule has 6 nitrogen and oxygen atoms in total. The van der Waals surface area contributed by atoms with Gasteiger partial charge in [-0.15, -0.1) is 0 Å². The van der Waals surface area contributed by atoms with Crippen molar-refractivity contribution in [2.45, 2.75) is 31.7 Å². The van der Waals surface area contributed by atoms with E-state index in [0.717, 1.165) is 5.56 Å². The minimum Gasteiger partial charge on any atom is -0.481 e. The van der Waals surface area contributed by atoms with Crippen LogP contribution in [0.25, 0.3) is 0 Å². The lowest BCUT2D eigenvalue weighted by molar-refractivity contribution is -0.137. The van der Waals surface area contributed by atoms with E-state index in [2.05, 4.69) is 5.32 Å². The van der Waals surface area contributed by atoms with E-state index < -0.39 is 21.8 Å². The minimum atomic E-state index is -2.95. The highest BCUT2D eigenvalue weighted by Gasteiger charge is 2.59. The smallest absolute Gasteiger partial charge is 0.305 e. The summed E-state index contributed by atoms with van der Waals surface area (Å²) in [6.45, 7) is 0. The third-order valence-electron chi connectivity index (χ3n) is 5.23. The second kappa shape index (κ2) is 6.20. The first-order valence-electron chi connectivity index (χ1n) is 8.09. The van der Waals surface area contributed by atoms with E-state index in [1.165, 1.54) is 0 Å². The predicted molar refractivity (Wildman–Crippen MR) is 88.0 cm³/mol. The number of rotatable bonds is 5. The number of amides is 1. The monoisotopic (exact) mass is 351 g/mol. The quantitative estimate of drug-likeness (QED) is 0.838. The van der Waals surface area contributed by atoms with E-state index in [1.54, 1.807) is 24.3 Å². The molecule has 1 amide bonds. The summed E-state index contributed by atoms with van der Waals surface area (Å²) in [6, 6.07) is 8.47. The summed E-state index contributed by atoms with van der Waals surface area (Å²) >= 11 is 0. The van der Waals surface area contributed by atoms with Gasteiger partial charge >= 0.3 is 5.97 Å². The molecule has 7 heteroatoms. The normalized spacial score (nSPS) is 24.9. The Labute approximate surface area is 141 Å². The van der Waals surface area contributed by atoms with Crippen LogP contribution >= 0.6 is 0 Å². The predicted octanol–water partition coefficient (Wildman–Crippen LogP) is 1.53. The molecule has 0 radical (unpaired) electrons. The van der Waals surface area contributed by atoms with Crippen LogP contribution in [0.15, 0.2) is 30.3 Å². The number of carboxylic acids is 1. The molecule has 0 aromatic heterocycles. The van der Waals surface area contributed by atoms with Crippen LogP contribution in [0.5, 0.6) is 0 Å². The van der Waals surface area contributed by atoms with E-state index in [0.29, 0.717) is 19.3 Å². The highest BCUT2D eigenvalue weighted by atomic mass is 32.2. The van der Waals surface area contributed by atoms with E-state index in [1.807, 2.05) is 6.07 Å². The molecule has 1 heterocycles. The molecule has 1 aromatic carbocycles. The van der Waals surface area contributed by atoms with E-state index >= 15 is 0 Å². The molecule has 130 valence electrons. The molecule has 2 unspecified atom stereocenters. The first kappa shape index (κ1) is 17.0. The molecule has 3 rings (SSSR count). The summed E-state index contributed by atoms with van der Waals surface area (Å²) in [4.78, 5) is 23.7. The summed E-state index contributed by atoms with van der Waals surface area (Å²) in [6.07, 6.45) is 1.58. The number of carboxylic acid groups (broad SMARTS) is 1. The third kappa shape index (κ3) is 3.61. The van der Waals surface area contributed by atoms with E-state index in [-0.39, 0.29) is 35.2 Å². The maximum absolute atomic E-state index is 12.6. The highest BCUT2D eigenvalue weighted by molar-refractivity contribution is 7.91. The number of hydrogen-bond donors (Lipinski definition) is 2. The Morgan fingerprint density at radius 3 is 2.42 bits per heavy atom. The van der Waals surface area contributed by atoms with Gasteiger partial charge in [0.1, 0.15) is 9.84 Å². The van der Waals surface area contributed by atoms with Crippen molar-refractivity contribution in [1.29, 1.82) is 0 Å². The molecule has 2 aliphatic rings. The molecule has 0 bridgehead atoms. The zero-order valence-electron chi connectivity index (χ0n) is 13.3. The molecule has 1 spiro atoms. The van der Waals surface area contributed by atoms with Crippen molar-refractivity contribution >= 4 is 21.7 Å². The van der Waals surface area contributed by atoms with Crippen molar-refractivity contribution in [1.82, 2.24) is 5.32 Å².